The fourth-order valence-corrected chi connectivity index (χ4v) is 2.86. The molecule has 0 atom stereocenters. The van der Waals surface area contributed by atoms with Gasteiger partial charge in [0.05, 0.1) is 16.5 Å². The topological polar surface area (TPSA) is 60.4 Å². The average Bonchev–Trinajstić information content (AvgIpc) is 2.18. The smallest absolute Gasteiger partial charge is 0.157 e. The molecule has 1 saturated heterocycles. The number of rotatable bonds is 3. The Morgan fingerprint density at radius 1 is 1.38 bits per heavy atom. The standard InChI is InChI=1S/C10H9ClO4S/c11-9-3-7(4-12)1-2-10(9)15-8-5-16(13,14)6-8/h1-4,8H,5-6H2. The van der Waals surface area contributed by atoms with Gasteiger partial charge in [-0.3, -0.25) is 4.79 Å². The van der Waals surface area contributed by atoms with E-state index in [0.29, 0.717) is 22.6 Å². The van der Waals surface area contributed by atoms with Gasteiger partial charge in [0.25, 0.3) is 0 Å². The molecule has 2 rings (SSSR count). The maximum absolute atomic E-state index is 10.9. The molecular formula is C10H9ClO4S. The van der Waals surface area contributed by atoms with E-state index in [-0.39, 0.29) is 17.6 Å². The molecule has 0 bridgehead atoms. The van der Waals surface area contributed by atoms with Crippen molar-refractivity contribution in [3.63, 3.8) is 0 Å². The molecule has 86 valence electrons. The number of benzene rings is 1. The highest BCUT2D eigenvalue weighted by Gasteiger charge is 2.35. The van der Waals surface area contributed by atoms with Gasteiger partial charge in [0, 0.05) is 5.56 Å². The molecule has 0 N–H and O–H groups in total. The third-order valence-corrected chi connectivity index (χ3v) is 4.32. The molecule has 0 radical (unpaired) electrons. The van der Waals surface area contributed by atoms with Gasteiger partial charge in [-0.1, -0.05) is 11.6 Å². The third-order valence-electron chi connectivity index (χ3n) is 2.27. The molecule has 1 aliphatic heterocycles. The number of halogens is 1. The van der Waals surface area contributed by atoms with Gasteiger partial charge in [0.2, 0.25) is 0 Å². The van der Waals surface area contributed by atoms with Crippen LogP contribution in [0, 0.1) is 0 Å². The van der Waals surface area contributed by atoms with E-state index in [0.717, 1.165) is 0 Å². The van der Waals surface area contributed by atoms with Gasteiger partial charge in [0.1, 0.15) is 18.1 Å². The van der Waals surface area contributed by atoms with Crippen molar-refractivity contribution in [3.05, 3.63) is 28.8 Å². The van der Waals surface area contributed by atoms with Crippen molar-refractivity contribution in [1.82, 2.24) is 0 Å². The van der Waals surface area contributed by atoms with Crippen molar-refractivity contribution >= 4 is 27.7 Å². The Bertz CT molecular complexity index is 512. The van der Waals surface area contributed by atoms with Crippen LogP contribution in [0.15, 0.2) is 18.2 Å². The predicted octanol–water partition coefficient (Wildman–Crippen LogP) is 1.33. The van der Waals surface area contributed by atoms with Crippen molar-refractivity contribution in [2.24, 2.45) is 0 Å². The number of sulfone groups is 1. The zero-order chi connectivity index (χ0) is 11.8. The van der Waals surface area contributed by atoms with Crippen molar-refractivity contribution in [1.29, 1.82) is 0 Å². The first-order valence-corrected chi connectivity index (χ1v) is 6.82. The molecule has 16 heavy (non-hydrogen) atoms. The highest BCUT2D eigenvalue weighted by Crippen LogP contribution is 2.28. The van der Waals surface area contributed by atoms with Gasteiger partial charge in [-0.15, -0.1) is 0 Å². The minimum Gasteiger partial charge on any atom is -0.487 e. The fourth-order valence-electron chi connectivity index (χ4n) is 1.45. The highest BCUT2D eigenvalue weighted by atomic mass is 35.5. The Morgan fingerprint density at radius 2 is 2.06 bits per heavy atom. The first-order chi connectivity index (χ1) is 7.50. The fraction of sp³-hybridized carbons (Fsp3) is 0.300. The van der Waals surface area contributed by atoms with E-state index >= 15 is 0 Å². The van der Waals surface area contributed by atoms with Crippen LogP contribution in [-0.4, -0.2) is 32.3 Å². The molecule has 0 aliphatic carbocycles. The average molecular weight is 261 g/mol. The zero-order valence-corrected chi connectivity index (χ0v) is 9.79. The molecule has 4 nitrogen and oxygen atoms in total. The summed E-state index contributed by atoms with van der Waals surface area (Å²) >= 11 is 5.87. The van der Waals surface area contributed by atoms with E-state index in [1.165, 1.54) is 6.07 Å². The molecule has 6 heteroatoms. The Morgan fingerprint density at radius 3 is 2.56 bits per heavy atom. The van der Waals surface area contributed by atoms with E-state index in [4.69, 9.17) is 16.3 Å². The molecule has 0 saturated carbocycles. The number of aldehydes is 1. The van der Waals surface area contributed by atoms with E-state index in [9.17, 15) is 13.2 Å². The second kappa shape index (κ2) is 4.07. The lowest BCUT2D eigenvalue weighted by Gasteiger charge is -2.26. The largest absolute Gasteiger partial charge is 0.487 e. The van der Waals surface area contributed by atoms with Crippen LogP contribution in [0.4, 0.5) is 0 Å². The summed E-state index contributed by atoms with van der Waals surface area (Å²) < 4.78 is 27.2. The molecule has 0 amide bonds. The lowest BCUT2D eigenvalue weighted by Crippen LogP contribution is -2.45. The minimum atomic E-state index is -2.90. The summed E-state index contributed by atoms with van der Waals surface area (Å²) in [6.45, 7) is 0. The van der Waals surface area contributed by atoms with Gasteiger partial charge in [-0.05, 0) is 18.2 Å². The molecule has 1 aromatic rings. The summed E-state index contributed by atoms with van der Waals surface area (Å²) in [6.07, 6.45) is 0.355. The minimum absolute atomic E-state index is 0.0265. The van der Waals surface area contributed by atoms with Crippen LogP contribution in [0.5, 0.6) is 5.75 Å². The van der Waals surface area contributed by atoms with Crippen molar-refractivity contribution in [2.45, 2.75) is 6.10 Å². The first kappa shape index (κ1) is 11.4. The van der Waals surface area contributed by atoms with E-state index < -0.39 is 9.84 Å². The van der Waals surface area contributed by atoms with Gasteiger partial charge >= 0.3 is 0 Å². The maximum atomic E-state index is 10.9. The van der Waals surface area contributed by atoms with Crippen molar-refractivity contribution in [3.8, 4) is 5.75 Å². The summed E-state index contributed by atoms with van der Waals surface area (Å²) in [4.78, 5) is 10.5. The van der Waals surface area contributed by atoms with E-state index in [1.807, 2.05) is 0 Å². The highest BCUT2D eigenvalue weighted by molar-refractivity contribution is 7.92. The van der Waals surface area contributed by atoms with Crippen molar-refractivity contribution in [2.75, 3.05) is 11.5 Å². The molecule has 1 aliphatic rings. The van der Waals surface area contributed by atoms with Gasteiger partial charge < -0.3 is 4.74 Å². The third kappa shape index (κ3) is 2.36. The molecule has 1 fully saturated rings. The predicted molar refractivity (Wildman–Crippen MR) is 59.9 cm³/mol. The second-order valence-electron chi connectivity index (χ2n) is 3.62. The summed E-state index contributed by atoms with van der Waals surface area (Å²) in [5.41, 5.74) is 0.457. The Hall–Kier alpha value is -1.07. The van der Waals surface area contributed by atoms with Crippen LogP contribution < -0.4 is 4.74 Å². The number of hydrogen-bond donors (Lipinski definition) is 0. The Labute approximate surface area is 98.1 Å². The van der Waals surface area contributed by atoms with Gasteiger partial charge in [-0.2, -0.15) is 0 Å². The van der Waals surface area contributed by atoms with E-state index in [1.54, 1.807) is 12.1 Å². The lowest BCUT2D eigenvalue weighted by molar-refractivity contribution is 0.112. The van der Waals surface area contributed by atoms with Crippen LogP contribution in [0.1, 0.15) is 10.4 Å². The Kier molecular flexibility index (Phi) is 2.90. The monoisotopic (exact) mass is 260 g/mol. The van der Waals surface area contributed by atoms with Crippen molar-refractivity contribution < 1.29 is 17.9 Å². The molecule has 1 aromatic carbocycles. The summed E-state index contributed by atoms with van der Waals surface area (Å²) in [6, 6.07) is 4.62. The molecular weight excluding hydrogens is 252 g/mol. The SMILES string of the molecule is O=Cc1ccc(OC2CS(=O)(=O)C2)c(Cl)c1. The lowest BCUT2D eigenvalue weighted by atomic mass is 10.2. The summed E-state index contributed by atoms with van der Waals surface area (Å²) in [5, 5.41) is 0.314. The quantitative estimate of drug-likeness (QED) is 0.770. The molecule has 0 spiro atoms. The number of hydrogen-bond acceptors (Lipinski definition) is 4. The normalized spacial score (nSPS) is 18.8. The van der Waals surface area contributed by atoms with Gasteiger partial charge in [0.15, 0.2) is 9.84 Å². The van der Waals surface area contributed by atoms with Crippen LogP contribution >= 0.6 is 11.6 Å². The molecule has 1 heterocycles. The number of ether oxygens (including phenoxy) is 1. The van der Waals surface area contributed by atoms with Crippen LogP contribution in [0.3, 0.4) is 0 Å². The molecule has 0 aromatic heterocycles. The number of carbonyl (C=O) groups is 1. The zero-order valence-electron chi connectivity index (χ0n) is 8.22. The first-order valence-electron chi connectivity index (χ1n) is 4.62. The summed E-state index contributed by atoms with van der Waals surface area (Å²) in [5.74, 6) is 0.463. The summed E-state index contributed by atoms with van der Waals surface area (Å²) in [7, 11) is -2.90. The number of carbonyl (C=O) groups excluding carboxylic acids is 1. The Balaban J connectivity index is 2.08. The van der Waals surface area contributed by atoms with Gasteiger partial charge in [-0.25, -0.2) is 8.42 Å². The van der Waals surface area contributed by atoms with Crippen LogP contribution in [-0.2, 0) is 9.84 Å². The van der Waals surface area contributed by atoms with E-state index in [2.05, 4.69) is 0 Å². The van der Waals surface area contributed by atoms with Crippen LogP contribution in [0.25, 0.3) is 0 Å². The molecule has 0 unspecified atom stereocenters. The second-order valence-corrected chi connectivity index (χ2v) is 6.19. The maximum Gasteiger partial charge on any atom is 0.157 e. The van der Waals surface area contributed by atoms with Crippen LogP contribution in [0.2, 0.25) is 5.02 Å².